The fourth-order valence-electron chi connectivity index (χ4n) is 1.24. The van der Waals surface area contributed by atoms with E-state index in [0.29, 0.717) is 11.4 Å². The van der Waals surface area contributed by atoms with Crippen molar-refractivity contribution >= 4 is 21.6 Å². The van der Waals surface area contributed by atoms with Gasteiger partial charge in [0.25, 0.3) is 0 Å². The third kappa shape index (κ3) is 3.34. The summed E-state index contributed by atoms with van der Waals surface area (Å²) >= 11 is 0. The summed E-state index contributed by atoms with van der Waals surface area (Å²) in [6, 6.07) is 5.02. The molecule has 0 fully saturated rings. The summed E-state index contributed by atoms with van der Waals surface area (Å²) in [5, 5.41) is 0. The van der Waals surface area contributed by atoms with Crippen molar-refractivity contribution in [3.05, 3.63) is 23.8 Å². The molecule has 0 unspecified atom stereocenters. The maximum absolute atomic E-state index is 12.0. The first-order valence-corrected chi connectivity index (χ1v) is 6.80. The second kappa shape index (κ2) is 4.93. The van der Waals surface area contributed by atoms with E-state index < -0.39 is 10.2 Å². The molecule has 0 saturated heterocycles. The molecular formula is C11H19N3O2S. The topological polar surface area (TPSA) is 75.4 Å². The number of nitrogens with two attached hydrogens (primary N) is 1. The SMILES string of the molecule is Cc1ccc(N)cc1NS(=O)(=O)N(C)C(C)C. The monoisotopic (exact) mass is 257 g/mol. The Balaban J connectivity index is 3.02. The summed E-state index contributed by atoms with van der Waals surface area (Å²) in [6.07, 6.45) is 0. The van der Waals surface area contributed by atoms with Crippen molar-refractivity contribution in [2.24, 2.45) is 0 Å². The van der Waals surface area contributed by atoms with E-state index in [1.54, 1.807) is 18.2 Å². The van der Waals surface area contributed by atoms with Crippen molar-refractivity contribution in [3.63, 3.8) is 0 Å². The van der Waals surface area contributed by atoms with Crippen molar-refractivity contribution in [3.8, 4) is 0 Å². The first-order chi connectivity index (χ1) is 7.74. The van der Waals surface area contributed by atoms with Gasteiger partial charge in [-0.05, 0) is 38.5 Å². The van der Waals surface area contributed by atoms with Gasteiger partial charge in [0.2, 0.25) is 0 Å². The largest absolute Gasteiger partial charge is 0.399 e. The Morgan fingerprint density at radius 1 is 1.35 bits per heavy atom. The lowest BCUT2D eigenvalue weighted by atomic mass is 10.2. The van der Waals surface area contributed by atoms with E-state index >= 15 is 0 Å². The third-order valence-electron chi connectivity index (χ3n) is 2.61. The molecule has 5 nitrogen and oxygen atoms in total. The maximum Gasteiger partial charge on any atom is 0.301 e. The van der Waals surface area contributed by atoms with Gasteiger partial charge in [-0.1, -0.05) is 6.07 Å². The predicted molar refractivity (Wildman–Crippen MR) is 71.0 cm³/mol. The highest BCUT2D eigenvalue weighted by Crippen LogP contribution is 2.20. The van der Waals surface area contributed by atoms with Gasteiger partial charge >= 0.3 is 10.2 Å². The van der Waals surface area contributed by atoms with Crippen LogP contribution in [0.5, 0.6) is 0 Å². The minimum Gasteiger partial charge on any atom is -0.399 e. The summed E-state index contributed by atoms with van der Waals surface area (Å²) < 4.78 is 27.8. The molecule has 96 valence electrons. The van der Waals surface area contributed by atoms with Gasteiger partial charge in [0.05, 0.1) is 5.69 Å². The summed E-state index contributed by atoms with van der Waals surface area (Å²) in [6.45, 7) is 5.45. The number of nitrogen functional groups attached to an aromatic ring is 1. The quantitative estimate of drug-likeness (QED) is 0.804. The van der Waals surface area contributed by atoms with Gasteiger partial charge in [-0.25, -0.2) is 0 Å². The van der Waals surface area contributed by atoms with Crippen LogP contribution in [-0.2, 0) is 10.2 Å². The molecule has 0 spiro atoms. The molecule has 0 aliphatic carbocycles. The van der Waals surface area contributed by atoms with Gasteiger partial charge in [-0.2, -0.15) is 12.7 Å². The molecule has 0 atom stereocenters. The van der Waals surface area contributed by atoms with Crippen LogP contribution >= 0.6 is 0 Å². The van der Waals surface area contributed by atoms with Crippen molar-refractivity contribution in [1.82, 2.24) is 4.31 Å². The summed E-state index contributed by atoms with van der Waals surface area (Å²) in [7, 11) is -1.99. The molecule has 1 aromatic carbocycles. The summed E-state index contributed by atoms with van der Waals surface area (Å²) in [4.78, 5) is 0. The van der Waals surface area contributed by atoms with E-state index in [2.05, 4.69) is 4.72 Å². The summed E-state index contributed by atoms with van der Waals surface area (Å²) in [5.41, 5.74) is 7.51. The third-order valence-corrected chi connectivity index (χ3v) is 4.26. The average molecular weight is 257 g/mol. The molecule has 0 heterocycles. The Morgan fingerprint density at radius 3 is 2.47 bits per heavy atom. The molecule has 1 aromatic rings. The van der Waals surface area contributed by atoms with Crippen molar-refractivity contribution in [1.29, 1.82) is 0 Å². The van der Waals surface area contributed by atoms with E-state index in [1.165, 1.54) is 11.4 Å². The molecule has 3 N–H and O–H groups in total. The molecule has 0 radical (unpaired) electrons. The van der Waals surface area contributed by atoms with E-state index in [4.69, 9.17) is 5.73 Å². The lowest BCUT2D eigenvalue weighted by Gasteiger charge is -2.22. The van der Waals surface area contributed by atoms with Crippen LogP contribution in [0.1, 0.15) is 19.4 Å². The second-order valence-electron chi connectivity index (χ2n) is 4.29. The van der Waals surface area contributed by atoms with Crippen LogP contribution < -0.4 is 10.5 Å². The van der Waals surface area contributed by atoms with Gasteiger partial charge in [0, 0.05) is 18.8 Å². The molecule has 0 saturated carbocycles. The molecular weight excluding hydrogens is 238 g/mol. The normalized spacial score (nSPS) is 12.1. The van der Waals surface area contributed by atoms with Gasteiger partial charge in [0.15, 0.2) is 0 Å². The van der Waals surface area contributed by atoms with Gasteiger partial charge in [0.1, 0.15) is 0 Å². The zero-order chi connectivity index (χ0) is 13.2. The maximum atomic E-state index is 12.0. The number of rotatable bonds is 4. The number of nitrogens with zero attached hydrogens (tertiary/aromatic N) is 1. The molecule has 0 bridgehead atoms. The van der Waals surface area contributed by atoms with E-state index in [0.717, 1.165) is 5.56 Å². The van der Waals surface area contributed by atoms with Gasteiger partial charge < -0.3 is 5.73 Å². The van der Waals surface area contributed by atoms with Crippen LogP contribution in [0.15, 0.2) is 18.2 Å². The van der Waals surface area contributed by atoms with E-state index in [1.807, 2.05) is 20.8 Å². The van der Waals surface area contributed by atoms with Crippen LogP contribution in [0.3, 0.4) is 0 Å². The fourth-order valence-corrected chi connectivity index (χ4v) is 2.43. The van der Waals surface area contributed by atoms with E-state index in [-0.39, 0.29) is 6.04 Å². The molecule has 0 aromatic heterocycles. The van der Waals surface area contributed by atoms with E-state index in [9.17, 15) is 8.42 Å². The highest BCUT2D eigenvalue weighted by Gasteiger charge is 2.20. The Bertz CT molecular complexity index is 497. The average Bonchev–Trinajstić information content (AvgIpc) is 2.21. The van der Waals surface area contributed by atoms with Crippen molar-refractivity contribution in [2.75, 3.05) is 17.5 Å². The minimum atomic E-state index is -3.52. The molecule has 0 amide bonds. The number of anilines is 2. The second-order valence-corrected chi connectivity index (χ2v) is 6.02. The van der Waals surface area contributed by atoms with Gasteiger partial charge in [-0.15, -0.1) is 0 Å². The van der Waals surface area contributed by atoms with Gasteiger partial charge in [-0.3, -0.25) is 4.72 Å². The summed E-state index contributed by atoms with van der Waals surface area (Å²) in [5.74, 6) is 0. The highest BCUT2D eigenvalue weighted by molar-refractivity contribution is 7.90. The van der Waals surface area contributed by atoms with Crippen LogP contribution in [0.25, 0.3) is 0 Å². The minimum absolute atomic E-state index is 0.103. The zero-order valence-corrected chi connectivity index (χ0v) is 11.4. The Hall–Kier alpha value is -1.27. The predicted octanol–water partition coefficient (Wildman–Crippen LogP) is 1.57. The van der Waals surface area contributed by atoms with Crippen LogP contribution in [0, 0.1) is 6.92 Å². The molecule has 0 aliphatic heterocycles. The lowest BCUT2D eigenvalue weighted by molar-refractivity contribution is 0.414. The molecule has 6 heteroatoms. The first kappa shape index (κ1) is 13.8. The van der Waals surface area contributed by atoms with Crippen LogP contribution in [0.2, 0.25) is 0 Å². The number of benzene rings is 1. The first-order valence-electron chi connectivity index (χ1n) is 5.36. The smallest absolute Gasteiger partial charge is 0.301 e. The standard InChI is InChI=1S/C11H19N3O2S/c1-8(2)14(4)17(15,16)13-11-7-10(12)6-5-9(11)3/h5-8,13H,12H2,1-4H3. The number of hydrogen-bond donors (Lipinski definition) is 2. The molecule has 0 aliphatic rings. The zero-order valence-electron chi connectivity index (χ0n) is 10.6. The highest BCUT2D eigenvalue weighted by atomic mass is 32.2. The molecule has 17 heavy (non-hydrogen) atoms. The number of aryl methyl sites for hydroxylation is 1. The van der Waals surface area contributed by atoms with Crippen LogP contribution in [0.4, 0.5) is 11.4 Å². The number of nitrogens with one attached hydrogen (secondary N) is 1. The van der Waals surface area contributed by atoms with Crippen LogP contribution in [-0.4, -0.2) is 25.8 Å². The number of hydrogen-bond acceptors (Lipinski definition) is 3. The molecule has 1 rings (SSSR count). The fraction of sp³-hybridized carbons (Fsp3) is 0.455. The Kier molecular flexibility index (Phi) is 4.00. The van der Waals surface area contributed by atoms with Crippen molar-refractivity contribution < 1.29 is 8.42 Å². The van der Waals surface area contributed by atoms with Crippen molar-refractivity contribution in [2.45, 2.75) is 26.8 Å². The Labute approximate surface area is 103 Å². The Morgan fingerprint density at radius 2 is 1.94 bits per heavy atom. The lowest BCUT2D eigenvalue weighted by Crippen LogP contribution is -2.37.